The monoisotopic (exact) mass is 353 g/mol. The highest BCUT2D eigenvalue weighted by molar-refractivity contribution is 7.98. The Balaban J connectivity index is 1.48. The maximum Gasteiger partial charge on any atom is 0.191 e. The Labute approximate surface area is 151 Å². The number of rotatable bonds is 6. The first-order chi connectivity index (χ1) is 12.3. The summed E-state index contributed by atoms with van der Waals surface area (Å²) in [4.78, 5) is 0. The van der Waals surface area contributed by atoms with Crippen LogP contribution in [0.2, 0.25) is 0 Å². The zero-order chi connectivity index (χ0) is 17.2. The first-order valence-corrected chi connectivity index (χ1v) is 9.60. The van der Waals surface area contributed by atoms with Gasteiger partial charge in [-0.2, -0.15) is 0 Å². The molecule has 0 saturated heterocycles. The quantitative estimate of drug-likeness (QED) is 0.584. The topological polar surface area (TPSA) is 30.7 Å². The fourth-order valence-electron chi connectivity index (χ4n) is 3.30. The molecule has 0 N–H and O–H groups in total. The second kappa shape index (κ2) is 7.00. The Bertz CT molecular complexity index is 862. The third-order valence-corrected chi connectivity index (χ3v) is 5.71. The Morgan fingerprint density at radius 2 is 1.92 bits per heavy atom. The van der Waals surface area contributed by atoms with Crippen molar-refractivity contribution in [2.45, 2.75) is 42.6 Å². The summed E-state index contributed by atoms with van der Waals surface area (Å²) in [5.74, 6) is 2.59. The van der Waals surface area contributed by atoms with E-state index in [2.05, 4.69) is 52.0 Å². The minimum Gasteiger partial charge on any atom is -0.306 e. The van der Waals surface area contributed by atoms with Crippen molar-refractivity contribution in [1.29, 1.82) is 0 Å². The van der Waals surface area contributed by atoms with E-state index in [-0.39, 0.29) is 5.82 Å². The molecule has 0 aliphatic heterocycles. The molecule has 1 fully saturated rings. The molecule has 2 aromatic carbocycles. The predicted molar refractivity (Wildman–Crippen MR) is 98.2 cm³/mol. The first-order valence-electron chi connectivity index (χ1n) is 8.61. The molecule has 0 radical (unpaired) electrons. The van der Waals surface area contributed by atoms with Crippen LogP contribution in [0.15, 0.2) is 59.8 Å². The van der Waals surface area contributed by atoms with Crippen molar-refractivity contribution in [2.75, 3.05) is 0 Å². The van der Waals surface area contributed by atoms with Gasteiger partial charge in [-0.3, -0.25) is 0 Å². The molecule has 0 bridgehead atoms. The number of nitrogens with zero attached hydrogens (tertiary/aromatic N) is 3. The number of hydrogen-bond acceptors (Lipinski definition) is 3. The van der Waals surface area contributed by atoms with Gasteiger partial charge in [-0.25, -0.2) is 4.39 Å². The lowest BCUT2D eigenvalue weighted by atomic mass is 10.1. The normalized spacial score (nSPS) is 19.1. The van der Waals surface area contributed by atoms with E-state index in [1.54, 1.807) is 23.9 Å². The Morgan fingerprint density at radius 3 is 2.68 bits per heavy atom. The molecular weight excluding hydrogens is 333 g/mol. The lowest BCUT2D eigenvalue weighted by molar-refractivity contribution is 0.626. The molecule has 0 spiro atoms. The molecule has 2 unspecified atom stereocenters. The minimum absolute atomic E-state index is 0.195. The Hall–Kier alpha value is -2.14. The van der Waals surface area contributed by atoms with Crippen LogP contribution in [0.5, 0.6) is 0 Å². The van der Waals surface area contributed by atoms with Crippen LogP contribution >= 0.6 is 11.8 Å². The maximum atomic E-state index is 13.3. The first kappa shape index (κ1) is 16.3. The molecule has 3 aromatic rings. The van der Waals surface area contributed by atoms with Gasteiger partial charge in [0.15, 0.2) is 5.16 Å². The summed E-state index contributed by atoms with van der Waals surface area (Å²) in [6.45, 7) is 2.98. The van der Waals surface area contributed by atoms with E-state index in [0.29, 0.717) is 17.6 Å². The van der Waals surface area contributed by atoms with E-state index in [1.807, 2.05) is 6.07 Å². The van der Waals surface area contributed by atoms with Gasteiger partial charge in [-0.05, 0) is 42.5 Å². The average molecular weight is 353 g/mol. The molecule has 1 aromatic heterocycles. The average Bonchev–Trinajstić information content (AvgIpc) is 3.33. The summed E-state index contributed by atoms with van der Waals surface area (Å²) in [7, 11) is 0. The summed E-state index contributed by atoms with van der Waals surface area (Å²) < 4.78 is 15.5. The summed E-state index contributed by atoms with van der Waals surface area (Å²) in [6.07, 6.45) is 1.14. The van der Waals surface area contributed by atoms with Crippen molar-refractivity contribution >= 4 is 11.8 Å². The molecule has 3 nitrogen and oxygen atoms in total. The zero-order valence-corrected chi connectivity index (χ0v) is 14.9. The van der Waals surface area contributed by atoms with E-state index < -0.39 is 0 Å². The van der Waals surface area contributed by atoms with Gasteiger partial charge >= 0.3 is 0 Å². The van der Waals surface area contributed by atoms with Gasteiger partial charge in [-0.1, -0.05) is 54.2 Å². The highest BCUT2D eigenvalue weighted by Gasteiger charge is 2.43. The van der Waals surface area contributed by atoms with Crippen molar-refractivity contribution < 1.29 is 4.39 Å². The lowest BCUT2D eigenvalue weighted by Gasteiger charge is -2.07. The third kappa shape index (κ3) is 3.47. The van der Waals surface area contributed by atoms with Crippen LogP contribution < -0.4 is 0 Å². The van der Waals surface area contributed by atoms with E-state index in [4.69, 9.17) is 0 Å². The summed E-state index contributed by atoms with van der Waals surface area (Å²) in [5.41, 5.74) is 2.35. The largest absolute Gasteiger partial charge is 0.306 e. The standard InChI is InChI=1S/C20H20FN3S/c1-2-24-19(18-12-17(18)15-8-4-3-5-9-15)22-23-20(24)25-13-14-7-6-10-16(21)11-14/h3-11,17-18H,2,12-13H2,1H3. The van der Waals surface area contributed by atoms with Gasteiger partial charge in [0, 0.05) is 18.2 Å². The van der Waals surface area contributed by atoms with E-state index in [0.717, 1.165) is 29.5 Å². The maximum absolute atomic E-state index is 13.3. The van der Waals surface area contributed by atoms with Crippen LogP contribution in [0.4, 0.5) is 4.39 Å². The molecule has 1 saturated carbocycles. The fraction of sp³-hybridized carbons (Fsp3) is 0.300. The van der Waals surface area contributed by atoms with Crippen LogP contribution in [0.25, 0.3) is 0 Å². The molecule has 128 valence electrons. The van der Waals surface area contributed by atoms with Gasteiger partial charge in [0.2, 0.25) is 0 Å². The minimum atomic E-state index is -0.195. The molecule has 1 heterocycles. The van der Waals surface area contributed by atoms with Crippen molar-refractivity contribution in [3.63, 3.8) is 0 Å². The molecular formula is C20H20FN3S. The molecule has 0 amide bonds. The molecule has 4 rings (SSSR count). The highest BCUT2D eigenvalue weighted by Crippen LogP contribution is 2.54. The summed E-state index contributed by atoms with van der Waals surface area (Å²) in [5, 5.41) is 9.79. The third-order valence-electron chi connectivity index (χ3n) is 4.67. The van der Waals surface area contributed by atoms with Crippen molar-refractivity contribution in [2.24, 2.45) is 0 Å². The van der Waals surface area contributed by atoms with Crippen LogP contribution in [-0.4, -0.2) is 14.8 Å². The second-order valence-corrected chi connectivity index (χ2v) is 7.31. The molecule has 2 atom stereocenters. The molecule has 5 heteroatoms. The van der Waals surface area contributed by atoms with E-state index in [9.17, 15) is 4.39 Å². The molecule has 1 aliphatic rings. The Kier molecular flexibility index (Phi) is 4.57. The number of hydrogen-bond donors (Lipinski definition) is 0. The van der Waals surface area contributed by atoms with Gasteiger partial charge in [-0.15, -0.1) is 10.2 Å². The van der Waals surface area contributed by atoms with Crippen molar-refractivity contribution in [1.82, 2.24) is 14.8 Å². The lowest BCUT2D eigenvalue weighted by Crippen LogP contribution is -2.03. The van der Waals surface area contributed by atoms with Gasteiger partial charge in [0.05, 0.1) is 0 Å². The van der Waals surface area contributed by atoms with Crippen LogP contribution in [-0.2, 0) is 12.3 Å². The van der Waals surface area contributed by atoms with Crippen molar-refractivity contribution in [3.05, 3.63) is 77.4 Å². The number of aromatic nitrogens is 3. The summed E-state index contributed by atoms with van der Waals surface area (Å²) in [6, 6.07) is 17.4. The van der Waals surface area contributed by atoms with Gasteiger partial charge in [0.1, 0.15) is 11.6 Å². The SMILES string of the molecule is CCn1c(SCc2cccc(F)c2)nnc1C1CC1c1ccccc1. The zero-order valence-electron chi connectivity index (χ0n) is 14.1. The highest BCUT2D eigenvalue weighted by atomic mass is 32.2. The fourth-order valence-corrected chi connectivity index (χ4v) is 4.25. The van der Waals surface area contributed by atoms with Crippen molar-refractivity contribution in [3.8, 4) is 0 Å². The number of thioether (sulfide) groups is 1. The summed E-state index contributed by atoms with van der Waals surface area (Å²) >= 11 is 1.62. The van der Waals surface area contributed by atoms with Gasteiger partial charge in [0.25, 0.3) is 0 Å². The van der Waals surface area contributed by atoms with E-state index in [1.165, 1.54) is 11.6 Å². The second-order valence-electron chi connectivity index (χ2n) is 6.36. The van der Waals surface area contributed by atoms with Gasteiger partial charge < -0.3 is 4.57 Å². The molecule has 1 aliphatic carbocycles. The Morgan fingerprint density at radius 1 is 1.08 bits per heavy atom. The number of benzene rings is 2. The van der Waals surface area contributed by atoms with Crippen LogP contribution in [0, 0.1) is 5.82 Å². The predicted octanol–water partition coefficient (Wildman–Crippen LogP) is 5.00. The smallest absolute Gasteiger partial charge is 0.191 e. The molecule has 25 heavy (non-hydrogen) atoms. The van der Waals surface area contributed by atoms with Crippen LogP contribution in [0.3, 0.4) is 0 Å². The van der Waals surface area contributed by atoms with Crippen LogP contribution in [0.1, 0.15) is 42.1 Å². The number of halogens is 1. The van der Waals surface area contributed by atoms with E-state index >= 15 is 0 Å².